The van der Waals surface area contributed by atoms with Crippen molar-refractivity contribution in [3.8, 4) is 0 Å². The van der Waals surface area contributed by atoms with Crippen molar-refractivity contribution in [2.45, 2.75) is 33.2 Å². The van der Waals surface area contributed by atoms with Gasteiger partial charge in [0.05, 0.1) is 5.92 Å². The largest absolute Gasteiger partial charge is 0.353 e. The molecule has 0 aromatic heterocycles. The fraction of sp³-hybridized carbons (Fsp3) is 0.900. The number of amides is 1. The molecule has 1 amide bonds. The number of hydrogen-bond acceptors (Lipinski definition) is 2. The minimum Gasteiger partial charge on any atom is -0.353 e. The van der Waals surface area contributed by atoms with Crippen LogP contribution in [0.3, 0.4) is 0 Å². The van der Waals surface area contributed by atoms with Gasteiger partial charge in [-0.2, -0.15) is 0 Å². The highest BCUT2D eigenvalue weighted by molar-refractivity contribution is 5.81. The Bertz CT molecular complexity index is 162. The van der Waals surface area contributed by atoms with Gasteiger partial charge in [0.2, 0.25) is 5.91 Å². The van der Waals surface area contributed by atoms with Gasteiger partial charge in [0.1, 0.15) is 0 Å². The van der Waals surface area contributed by atoms with Gasteiger partial charge >= 0.3 is 0 Å². The molecule has 0 radical (unpaired) electrons. The second kappa shape index (κ2) is 5.97. The topological polar surface area (TPSA) is 32.3 Å². The first-order valence-electron chi connectivity index (χ1n) is 5.04. The molecule has 13 heavy (non-hydrogen) atoms. The first-order valence-corrected chi connectivity index (χ1v) is 5.04. The molecule has 1 aliphatic heterocycles. The average Bonchev–Trinajstić information content (AvgIpc) is 2.33. The van der Waals surface area contributed by atoms with Gasteiger partial charge in [0, 0.05) is 14.0 Å². The number of hydrogen-bond donors (Lipinski definition) is 1. The summed E-state index contributed by atoms with van der Waals surface area (Å²) in [5.41, 5.74) is 0. The Kier molecular flexibility index (Phi) is 5.71. The van der Waals surface area contributed by atoms with Crippen molar-refractivity contribution in [3.05, 3.63) is 0 Å². The van der Waals surface area contributed by atoms with E-state index >= 15 is 0 Å². The van der Waals surface area contributed by atoms with E-state index in [4.69, 9.17) is 0 Å². The Morgan fingerprint density at radius 2 is 2.08 bits per heavy atom. The van der Waals surface area contributed by atoms with Crippen molar-refractivity contribution in [2.24, 2.45) is 5.92 Å². The van der Waals surface area contributed by atoms with Crippen molar-refractivity contribution in [1.82, 2.24) is 10.2 Å². The van der Waals surface area contributed by atoms with Crippen molar-refractivity contribution in [1.29, 1.82) is 0 Å². The summed E-state index contributed by atoms with van der Waals surface area (Å²) in [7, 11) is 3.99. The van der Waals surface area contributed by atoms with E-state index in [2.05, 4.69) is 10.2 Å². The number of carbonyl (C=O) groups is 1. The molecule has 3 nitrogen and oxygen atoms in total. The zero-order chi connectivity index (χ0) is 10.4. The maximum atomic E-state index is 11.2. The minimum atomic E-state index is 0. The van der Waals surface area contributed by atoms with Gasteiger partial charge < -0.3 is 10.2 Å². The van der Waals surface area contributed by atoms with Gasteiger partial charge in [-0.05, 0) is 27.4 Å². The molecule has 0 saturated carbocycles. The molecule has 0 aromatic carbocycles. The van der Waals surface area contributed by atoms with Gasteiger partial charge in [-0.15, -0.1) is 0 Å². The second-order valence-corrected chi connectivity index (χ2v) is 3.60. The number of carbonyl (C=O) groups excluding carboxylic acids is 1. The predicted octanol–water partition coefficient (Wildman–Crippen LogP) is 1.34. The van der Waals surface area contributed by atoms with Gasteiger partial charge in [0.15, 0.2) is 0 Å². The highest BCUT2D eigenvalue weighted by atomic mass is 16.2. The van der Waals surface area contributed by atoms with Crippen LogP contribution in [0, 0.1) is 5.92 Å². The molecular weight excluding hydrogens is 164 g/mol. The third kappa shape index (κ3) is 4.27. The average molecular weight is 188 g/mol. The molecule has 1 rings (SSSR count). The highest BCUT2D eigenvalue weighted by Gasteiger charge is 2.29. The normalized spacial score (nSPS) is 26.8. The van der Waals surface area contributed by atoms with Crippen LogP contribution >= 0.6 is 0 Å². The summed E-state index contributed by atoms with van der Waals surface area (Å²) in [5.74, 6) is 0.422. The lowest BCUT2D eigenvalue weighted by Gasteiger charge is -2.12. The first-order chi connectivity index (χ1) is 6.09. The molecule has 1 saturated heterocycles. The molecule has 2 atom stereocenters. The SMILES string of the molecule is CC.CC1C[C@@H](CN(C)C)C(=O)N1.[HH]. The summed E-state index contributed by atoms with van der Waals surface area (Å²) in [6.07, 6.45) is 0.983. The van der Waals surface area contributed by atoms with Crippen molar-refractivity contribution < 1.29 is 6.22 Å². The molecule has 1 N–H and O–H groups in total. The molecule has 80 valence electrons. The predicted molar refractivity (Wildman–Crippen MR) is 57.7 cm³/mol. The Morgan fingerprint density at radius 1 is 1.54 bits per heavy atom. The summed E-state index contributed by atoms with van der Waals surface area (Å²) in [4.78, 5) is 13.2. The zero-order valence-electron chi connectivity index (χ0n) is 9.42. The lowest BCUT2D eigenvalue weighted by molar-refractivity contribution is -0.122. The zero-order valence-corrected chi connectivity index (χ0v) is 9.42. The van der Waals surface area contributed by atoms with Crippen LogP contribution in [0.5, 0.6) is 0 Å². The van der Waals surface area contributed by atoms with Crippen molar-refractivity contribution in [3.63, 3.8) is 0 Å². The van der Waals surface area contributed by atoms with E-state index in [0.717, 1.165) is 13.0 Å². The summed E-state index contributed by atoms with van der Waals surface area (Å²) in [6, 6.07) is 0.368. The maximum absolute atomic E-state index is 11.2. The lowest BCUT2D eigenvalue weighted by Crippen LogP contribution is -2.28. The minimum absolute atomic E-state index is 0. The number of nitrogens with zero attached hydrogens (tertiary/aromatic N) is 1. The van der Waals surface area contributed by atoms with Crippen molar-refractivity contribution in [2.75, 3.05) is 20.6 Å². The molecule has 1 aliphatic rings. The standard InChI is InChI=1S/C8H16N2O.C2H6.H2/c1-6-4-7(5-10(2)3)8(11)9-6;1-2;/h6-7H,4-5H2,1-3H3,(H,9,11);1-2H3;1H/t6?,7-;;/m0../s1. The van der Waals surface area contributed by atoms with Gasteiger partial charge in [-0.25, -0.2) is 0 Å². The van der Waals surface area contributed by atoms with E-state index in [1.807, 2.05) is 34.9 Å². The quantitative estimate of drug-likeness (QED) is 0.709. The Balaban J connectivity index is 0. The monoisotopic (exact) mass is 188 g/mol. The fourth-order valence-corrected chi connectivity index (χ4v) is 1.55. The van der Waals surface area contributed by atoms with Gasteiger partial charge in [-0.3, -0.25) is 4.79 Å². The van der Waals surface area contributed by atoms with Crippen LogP contribution in [-0.4, -0.2) is 37.5 Å². The van der Waals surface area contributed by atoms with E-state index in [-0.39, 0.29) is 13.3 Å². The van der Waals surface area contributed by atoms with E-state index in [1.165, 1.54) is 0 Å². The van der Waals surface area contributed by atoms with Gasteiger partial charge in [0.25, 0.3) is 0 Å². The summed E-state index contributed by atoms with van der Waals surface area (Å²) in [5, 5.41) is 2.91. The summed E-state index contributed by atoms with van der Waals surface area (Å²) in [6.45, 7) is 6.92. The molecule has 0 aliphatic carbocycles. The number of nitrogens with one attached hydrogen (secondary N) is 1. The molecule has 1 unspecified atom stereocenters. The third-order valence-electron chi connectivity index (χ3n) is 1.98. The molecule has 1 heterocycles. The Labute approximate surface area is 83.0 Å². The van der Waals surface area contributed by atoms with E-state index in [1.54, 1.807) is 0 Å². The number of rotatable bonds is 2. The smallest absolute Gasteiger partial charge is 0.224 e. The summed E-state index contributed by atoms with van der Waals surface area (Å²) >= 11 is 0. The third-order valence-corrected chi connectivity index (χ3v) is 1.98. The van der Waals surface area contributed by atoms with E-state index < -0.39 is 0 Å². The lowest BCUT2D eigenvalue weighted by atomic mass is 10.1. The van der Waals surface area contributed by atoms with Gasteiger partial charge in [-0.1, -0.05) is 13.8 Å². The highest BCUT2D eigenvalue weighted by Crippen LogP contribution is 2.14. The summed E-state index contributed by atoms with van der Waals surface area (Å²) < 4.78 is 0. The second-order valence-electron chi connectivity index (χ2n) is 3.60. The Hall–Kier alpha value is -0.570. The van der Waals surface area contributed by atoms with Crippen LogP contribution < -0.4 is 5.32 Å². The van der Waals surface area contributed by atoms with E-state index in [9.17, 15) is 4.79 Å². The molecule has 0 bridgehead atoms. The van der Waals surface area contributed by atoms with Crippen LogP contribution in [0.4, 0.5) is 0 Å². The van der Waals surface area contributed by atoms with Crippen LogP contribution in [-0.2, 0) is 4.79 Å². The van der Waals surface area contributed by atoms with E-state index in [0.29, 0.717) is 6.04 Å². The molecular formula is C10H24N2O. The maximum Gasteiger partial charge on any atom is 0.224 e. The molecule has 1 fully saturated rings. The van der Waals surface area contributed by atoms with Crippen LogP contribution in [0.15, 0.2) is 0 Å². The van der Waals surface area contributed by atoms with Crippen LogP contribution in [0.1, 0.15) is 28.6 Å². The van der Waals surface area contributed by atoms with Crippen LogP contribution in [0.25, 0.3) is 0 Å². The van der Waals surface area contributed by atoms with Crippen molar-refractivity contribution >= 4 is 5.91 Å². The fourth-order valence-electron chi connectivity index (χ4n) is 1.55. The molecule has 0 aromatic rings. The Morgan fingerprint density at radius 3 is 2.38 bits per heavy atom. The molecule has 3 heteroatoms. The first kappa shape index (κ1) is 12.4. The molecule has 0 spiro atoms. The van der Waals surface area contributed by atoms with Crippen LogP contribution in [0.2, 0.25) is 0 Å².